The topological polar surface area (TPSA) is 35.5 Å². The Morgan fingerprint density at radius 1 is 1.26 bits per heavy atom. The van der Waals surface area contributed by atoms with E-state index >= 15 is 0 Å². The van der Waals surface area contributed by atoms with Crippen molar-refractivity contribution in [3.05, 3.63) is 35.9 Å². The number of benzene rings is 1. The average Bonchev–Trinajstić information content (AvgIpc) is 2.46. The van der Waals surface area contributed by atoms with Crippen LogP contribution in [0.1, 0.15) is 37.3 Å². The minimum absolute atomic E-state index is 0.276. The number of aliphatic hydroxyl groups is 1. The summed E-state index contributed by atoms with van der Waals surface area (Å²) in [6.07, 6.45) is 4.31. The zero-order chi connectivity index (χ0) is 13.5. The Morgan fingerprint density at radius 2 is 1.95 bits per heavy atom. The number of piperidine rings is 1. The van der Waals surface area contributed by atoms with Gasteiger partial charge in [0.25, 0.3) is 0 Å². The zero-order valence-corrected chi connectivity index (χ0v) is 11.9. The molecule has 106 valence electrons. The van der Waals surface area contributed by atoms with Crippen molar-refractivity contribution < 1.29 is 5.11 Å². The molecular weight excluding hydrogens is 236 g/mol. The summed E-state index contributed by atoms with van der Waals surface area (Å²) in [7, 11) is 2.19. The molecule has 0 spiro atoms. The maximum absolute atomic E-state index is 9.07. The standard InChI is InChI=1S/C16H26N2O/c1-18-11-9-15(10-12-18)17-16(8-5-13-19)14-6-3-2-4-7-14/h2-4,6-7,15-17,19H,5,8-13H2,1H3. The summed E-state index contributed by atoms with van der Waals surface area (Å²) in [4.78, 5) is 2.39. The van der Waals surface area contributed by atoms with Gasteiger partial charge in [-0.15, -0.1) is 0 Å². The number of aliphatic hydroxyl groups excluding tert-OH is 1. The molecule has 1 aromatic carbocycles. The number of likely N-dealkylation sites (tertiary alicyclic amines) is 1. The summed E-state index contributed by atoms with van der Waals surface area (Å²) in [6.45, 7) is 2.64. The first kappa shape index (κ1) is 14.5. The summed E-state index contributed by atoms with van der Waals surface area (Å²) in [5.41, 5.74) is 1.34. The van der Waals surface area contributed by atoms with Crippen molar-refractivity contribution in [2.24, 2.45) is 0 Å². The molecule has 1 atom stereocenters. The van der Waals surface area contributed by atoms with Crippen molar-refractivity contribution in [2.45, 2.75) is 37.8 Å². The molecule has 0 bridgehead atoms. The molecule has 0 aliphatic carbocycles. The number of nitrogens with one attached hydrogen (secondary N) is 1. The number of hydrogen-bond acceptors (Lipinski definition) is 3. The lowest BCUT2D eigenvalue weighted by Gasteiger charge is -2.33. The lowest BCUT2D eigenvalue weighted by atomic mass is 9.98. The molecule has 1 saturated heterocycles. The van der Waals surface area contributed by atoms with Crippen molar-refractivity contribution in [3.63, 3.8) is 0 Å². The predicted molar refractivity (Wildman–Crippen MR) is 79.2 cm³/mol. The van der Waals surface area contributed by atoms with E-state index in [2.05, 4.69) is 47.6 Å². The minimum Gasteiger partial charge on any atom is -0.396 e. The smallest absolute Gasteiger partial charge is 0.0431 e. The lowest BCUT2D eigenvalue weighted by Crippen LogP contribution is -2.42. The van der Waals surface area contributed by atoms with E-state index in [4.69, 9.17) is 5.11 Å². The van der Waals surface area contributed by atoms with Crippen LogP contribution < -0.4 is 5.32 Å². The third kappa shape index (κ3) is 4.60. The fourth-order valence-corrected chi connectivity index (χ4v) is 2.79. The third-order valence-corrected chi connectivity index (χ3v) is 4.01. The van der Waals surface area contributed by atoms with Gasteiger partial charge in [-0.3, -0.25) is 0 Å². The molecule has 1 aliphatic rings. The van der Waals surface area contributed by atoms with E-state index < -0.39 is 0 Å². The molecule has 0 aromatic heterocycles. The van der Waals surface area contributed by atoms with Crippen LogP contribution in [0.5, 0.6) is 0 Å². The van der Waals surface area contributed by atoms with Crippen molar-refractivity contribution >= 4 is 0 Å². The highest BCUT2D eigenvalue weighted by Gasteiger charge is 2.20. The Morgan fingerprint density at radius 3 is 2.58 bits per heavy atom. The molecule has 0 saturated carbocycles. The van der Waals surface area contributed by atoms with Crippen LogP contribution in [0.25, 0.3) is 0 Å². The number of hydrogen-bond donors (Lipinski definition) is 2. The molecule has 0 amide bonds. The van der Waals surface area contributed by atoms with Gasteiger partial charge in [0.05, 0.1) is 0 Å². The van der Waals surface area contributed by atoms with Gasteiger partial charge in [-0.05, 0) is 51.4 Å². The summed E-state index contributed by atoms with van der Waals surface area (Å²) >= 11 is 0. The SMILES string of the molecule is CN1CCC(NC(CCCO)c2ccccc2)CC1. The average molecular weight is 262 g/mol. The van der Waals surface area contributed by atoms with Gasteiger partial charge in [-0.25, -0.2) is 0 Å². The summed E-state index contributed by atoms with van der Waals surface area (Å²) in [5, 5.41) is 12.9. The normalized spacial score (nSPS) is 19.5. The van der Waals surface area contributed by atoms with Crippen molar-refractivity contribution in [1.29, 1.82) is 0 Å². The van der Waals surface area contributed by atoms with Crippen molar-refractivity contribution in [3.8, 4) is 0 Å². The maximum Gasteiger partial charge on any atom is 0.0431 e. The highest BCUT2D eigenvalue weighted by molar-refractivity contribution is 5.19. The van der Waals surface area contributed by atoms with E-state index in [1.807, 2.05) is 0 Å². The molecule has 0 radical (unpaired) electrons. The quantitative estimate of drug-likeness (QED) is 0.825. The van der Waals surface area contributed by atoms with E-state index in [9.17, 15) is 0 Å². The van der Waals surface area contributed by atoms with Gasteiger partial charge >= 0.3 is 0 Å². The van der Waals surface area contributed by atoms with Crippen LogP contribution in [-0.2, 0) is 0 Å². The molecular formula is C16H26N2O. The molecule has 1 fully saturated rings. The second-order valence-electron chi connectivity index (χ2n) is 5.57. The van der Waals surface area contributed by atoms with Gasteiger partial charge in [0, 0.05) is 18.7 Å². The number of nitrogens with zero attached hydrogens (tertiary/aromatic N) is 1. The predicted octanol–water partition coefficient (Wildman–Crippen LogP) is 2.18. The van der Waals surface area contributed by atoms with E-state index in [-0.39, 0.29) is 6.61 Å². The van der Waals surface area contributed by atoms with Crippen LogP contribution in [0.15, 0.2) is 30.3 Å². The molecule has 3 nitrogen and oxygen atoms in total. The van der Waals surface area contributed by atoms with Crippen LogP contribution in [0.4, 0.5) is 0 Å². The molecule has 1 unspecified atom stereocenters. The van der Waals surface area contributed by atoms with Crippen LogP contribution in [0, 0.1) is 0 Å². The van der Waals surface area contributed by atoms with E-state index in [1.54, 1.807) is 0 Å². The Bertz CT molecular complexity index is 347. The first-order chi connectivity index (χ1) is 9.29. The fraction of sp³-hybridized carbons (Fsp3) is 0.625. The Labute approximate surface area is 116 Å². The zero-order valence-electron chi connectivity index (χ0n) is 11.9. The van der Waals surface area contributed by atoms with Gasteiger partial charge in [-0.2, -0.15) is 0 Å². The van der Waals surface area contributed by atoms with Crippen LogP contribution in [0.2, 0.25) is 0 Å². The van der Waals surface area contributed by atoms with Gasteiger partial charge in [0.15, 0.2) is 0 Å². The monoisotopic (exact) mass is 262 g/mol. The summed E-state index contributed by atoms with van der Waals surface area (Å²) < 4.78 is 0. The second-order valence-corrected chi connectivity index (χ2v) is 5.57. The highest BCUT2D eigenvalue weighted by atomic mass is 16.2. The third-order valence-electron chi connectivity index (χ3n) is 4.01. The minimum atomic E-state index is 0.276. The summed E-state index contributed by atoms with van der Waals surface area (Å²) in [6, 6.07) is 11.6. The first-order valence-corrected chi connectivity index (χ1v) is 7.40. The first-order valence-electron chi connectivity index (χ1n) is 7.40. The van der Waals surface area contributed by atoms with E-state index in [1.165, 1.54) is 31.5 Å². The van der Waals surface area contributed by atoms with Gasteiger partial charge in [-0.1, -0.05) is 30.3 Å². The Hall–Kier alpha value is -0.900. The van der Waals surface area contributed by atoms with E-state index in [0.29, 0.717) is 12.1 Å². The second kappa shape index (κ2) is 7.63. The molecule has 2 rings (SSSR count). The highest BCUT2D eigenvalue weighted by Crippen LogP contribution is 2.21. The lowest BCUT2D eigenvalue weighted by molar-refractivity contribution is 0.216. The van der Waals surface area contributed by atoms with Crippen molar-refractivity contribution in [2.75, 3.05) is 26.7 Å². The van der Waals surface area contributed by atoms with E-state index in [0.717, 1.165) is 12.8 Å². The molecule has 3 heteroatoms. The van der Waals surface area contributed by atoms with Gasteiger partial charge < -0.3 is 15.3 Å². The van der Waals surface area contributed by atoms with Crippen LogP contribution >= 0.6 is 0 Å². The number of rotatable bonds is 6. The maximum atomic E-state index is 9.07. The molecule has 1 heterocycles. The fourth-order valence-electron chi connectivity index (χ4n) is 2.79. The molecule has 1 aromatic rings. The summed E-state index contributed by atoms with van der Waals surface area (Å²) in [5.74, 6) is 0. The van der Waals surface area contributed by atoms with Gasteiger partial charge in [0.2, 0.25) is 0 Å². The Balaban J connectivity index is 1.94. The largest absolute Gasteiger partial charge is 0.396 e. The van der Waals surface area contributed by atoms with Crippen molar-refractivity contribution in [1.82, 2.24) is 10.2 Å². The van der Waals surface area contributed by atoms with Gasteiger partial charge in [0.1, 0.15) is 0 Å². The molecule has 1 aliphatic heterocycles. The molecule has 19 heavy (non-hydrogen) atoms. The molecule has 2 N–H and O–H groups in total. The van der Waals surface area contributed by atoms with Crippen LogP contribution in [0.3, 0.4) is 0 Å². The Kier molecular flexibility index (Phi) is 5.83. The van der Waals surface area contributed by atoms with Crippen LogP contribution in [-0.4, -0.2) is 42.8 Å².